The Bertz CT molecular complexity index is 623. The van der Waals surface area contributed by atoms with Crippen molar-refractivity contribution in [2.75, 3.05) is 0 Å². The first kappa shape index (κ1) is 14.1. The topological polar surface area (TPSA) is 69.6 Å². The maximum atomic E-state index is 12.0. The van der Waals surface area contributed by atoms with Gasteiger partial charge in [-0.1, -0.05) is 35.9 Å². The summed E-state index contributed by atoms with van der Waals surface area (Å²) < 4.78 is 0. The third-order valence-electron chi connectivity index (χ3n) is 3.02. The Kier molecular flexibility index (Phi) is 4.38. The van der Waals surface area contributed by atoms with Crippen LogP contribution in [0.1, 0.15) is 27.0 Å². The normalized spacial score (nSPS) is 10.3. The van der Waals surface area contributed by atoms with Crippen molar-refractivity contribution in [2.45, 2.75) is 20.1 Å². The van der Waals surface area contributed by atoms with Crippen molar-refractivity contribution in [3.63, 3.8) is 0 Å². The Morgan fingerprint density at radius 1 is 1.15 bits per heavy atom. The van der Waals surface area contributed by atoms with Crippen LogP contribution >= 0.6 is 0 Å². The number of aliphatic hydroxyl groups excluding tert-OH is 1. The van der Waals surface area contributed by atoms with Crippen LogP contribution < -0.4 is 5.32 Å². The Hall–Kier alpha value is -2.33. The molecule has 0 spiro atoms. The molecule has 3 N–H and O–H groups in total. The summed E-state index contributed by atoms with van der Waals surface area (Å²) in [4.78, 5) is 12.0. The van der Waals surface area contributed by atoms with E-state index in [0.29, 0.717) is 6.54 Å². The van der Waals surface area contributed by atoms with Gasteiger partial charge in [0.1, 0.15) is 5.75 Å². The van der Waals surface area contributed by atoms with E-state index in [0.717, 1.165) is 16.7 Å². The minimum absolute atomic E-state index is 0.0273. The van der Waals surface area contributed by atoms with Crippen molar-refractivity contribution in [3.05, 3.63) is 64.7 Å². The molecule has 1 amide bonds. The zero-order chi connectivity index (χ0) is 14.5. The second-order valence-corrected chi connectivity index (χ2v) is 4.68. The summed E-state index contributed by atoms with van der Waals surface area (Å²) in [6.45, 7) is 2.18. The molecule has 0 unspecified atom stereocenters. The lowest BCUT2D eigenvalue weighted by atomic mass is 10.1. The zero-order valence-corrected chi connectivity index (χ0v) is 11.3. The van der Waals surface area contributed by atoms with E-state index in [-0.39, 0.29) is 23.8 Å². The van der Waals surface area contributed by atoms with Gasteiger partial charge in [-0.2, -0.15) is 0 Å². The Balaban J connectivity index is 2.06. The largest absolute Gasteiger partial charge is 0.507 e. The van der Waals surface area contributed by atoms with Gasteiger partial charge in [0.05, 0.1) is 12.2 Å². The molecule has 0 bridgehead atoms. The molecule has 0 aliphatic rings. The third kappa shape index (κ3) is 3.36. The van der Waals surface area contributed by atoms with E-state index >= 15 is 0 Å². The van der Waals surface area contributed by atoms with E-state index in [1.165, 1.54) is 6.07 Å². The molecule has 0 aromatic heterocycles. The van der Waals surface area contributed by atoms with E-state index in [1.807, 2.05) is 31.2 Å². The van der Waals surface area contributed by atoms with Crippen LogP contribution in [-0.2, 0) is 13.2 Å². The first-order valence-electron chi connectivity index (χ1n) is 6.36. The highest BCUT2D eigenvalue weighted by Gasteiger charge is 2.10. The van der Waals surface area contributed by atoms with E-state index in [9.17, 15) is 9.90 Å². The SMILES string of the molecule is Cc1ccc(O)c(C(=O)NCc2cccc(CO)c2)c1. The second-order valence-electron chi connectivity index (χ2n) is 4.68. The van der Waals surface area contributed by atoms with Crippen LogP contribution in [0, 0.1) is 6.92 Å². The monoisotopic (exact) mass is 271 g/mol. The highest BCUT2D eigenvalue weighted by Crippen LogP contribution is 2.18. The van der Waals surface area contributed by atoms with Gasteiger partial charge in [-0.05, 0) is 30.2 Å². The van der Waals surface area contributed by atoms with Gasteiger partial charge in [-0.3, -0.25) is 4.79 Å². The zero-order valence-electron chi connectivity index (χ0n) is 11.3. The maximum absolute atomic E-state index is 12.0. The van der Waals surface area contributed by atoms with Crippen molar-refractivity contribution in [2.24, 2.45) is 0 Å². The first-order chi connectivity index (χ1) is 9.60. The summed E-state index contributed by atoms with van der Waals surface area (Å²) in [5.41, 5.74) is 2.88. The number of aliphatic hydroxyl groups is 1. The van der Waals surface area contributed by atoms with Crippen molar-refractivity contribution >= 4 is 5.91 Å². The summed E-state index contributed by atoms with van der Waals surface area (Å²) in [6, 6.07) is 12.3. The fourth-order valence-corrected chi connectivity index (χ4v) is 1.95. The van der Waals surface area contributed by atoms with Gasteiger partial charge >= 0.3 is 0 Å². The molecule has 0 radical (unpaired) electrons. The van der Waals surface area contributed by atoms with Crippen LogP contribution in [0.5, 0.6) is 5.75 Å². The molecule has 2 rings (SSSR count). The number of phenols is 1. The third-order valence-corrected chi connectivity index (χ3v) is 3.02. The lowest BCUT2D eigenvalue weighted by molar-refractivity contribution is 0.0948. The van der Waals surface area contributed by atoms with E-state index in [2.05, 4.69) is 5.32 Å². The molecule has 2 aromatic carbocycles. The molecule has 0 heterocycles. The molecular formula is C16H17NO3. The summed E-state index contributed by atoms with van der Waals surface area (Å²) in [5, 5.41) is 21.5. The van der Waals surface area contributed by atoms with Gasteiger partial charge < -0.3 is 15.5 Å². The van der Waals surface area contributed by atoms with Crippen molar-refractivity contribution < 1.29 is 15.0 Å². The lowest BCUT2D eigenvalue weighted by Gasteiger charge is -2.08. The number of carbonyl (C=O) groups excluding carboxylic acids is 1. The van der Waals surface area contributed by atoms with Gasteiger partial charge in [0.15, 0.2) is 0 Å². The van der Waals surface area contributed by atoms with Crippen molar-refractivity contribution in [3.8, 4) is 5.75 Å². The smallest absolute Gasteiger partial charge is 0.255 e. The van der Waals surface area contributed by atoms with Crippen LogP contribution in [0.15, 0.2) is 42.5 Å². The highest BCUT2D eigenvalue weighted by atomic mass is 16.3. The minimum atomic E-state index is -0.319. The van der Waals surface area contributed by atoms with Crippen LogP contribution in [0.25, 0.3) is 0 Å². The number of carbonyl (C=O) groups is 1. The predicted molar refractivity (Wildman–Crippen MR) is 76.4 cm³/mol. The van der Waals surface area contributed by atoms with Crippen molar-refractivity contribution in [1.29, 1.82) is 0 Å². The number of nitrogens with one attached hydrogen (secondary N) is 1. The van der Waals surface area contributed by atoms with Crippen molar-refractivity contribution in [1.82, 2.24) is 5.32 Å². The number of hydrogen-bond acceptors (Lipinski definition) is 3. The lowest BCUT2D eigenvalue weighted by Crippen LogP contribution is -2.23. The molecule has 0 atom stereocenters. The molecule has 104 valence electrons. The fraction of sp³-hybridized carbons (Fsp3) is 0.188. The van der Waals surface area contributed by atoms with Crippen LogP contribution in [0.2, 0.25) is 0 Å². The van der Waals surface area contributed by atoms with Crippen LogP contribution in [0.4, 0.5) is 0 Å². The van der Waals surface area contributed by atoms with Crippen LogP contribution in [0.3, 0.4) is 0 Å². The molecule has 0 fully saturated rings. The molecule has 2 aromatic rings. The number of phenolic OH excluding ortho intramolecular Hbond substituents is 1. The summed E-state index contributed by atoms with van der Waals surface area (Å²) >= 11 is 0. The van der Waals surface area contributed by atoms with E-state index in [4.69, 9.17) is 5.11 Å². The molecule has 20 heavy (non-hydrogen) atoms. The fourth-order valence-electron chi connectivity index (χ4n) is 1.95. The van der Waals surface area contributed by atoms with Gasteiger partial charge in [0, 0.05) is 6.54 Å². The Morgan fingerprint density at radius 2 is 1.90 bits per heavy atom. The van der Waals surface area contributed by atoms with Gasteiger partial charge in [-0.25, -0.2) is 0 Å². The molecule has 0 aliphatic heterocycles. The number of aryl methyl sites for hydroxylation is 1. The highest BCUT2D eigenvalue weighted by molar-refractivity contribution is 5.96. The number of rotatable bonds is 4. The minimum Gasteiger partial charge on any atom is -0.507 e. The number of aromatic hydroxyl groups is 1. The van der Waals surface area contributed by atoms with Gasteiger partial charge in [-0.15, -0.1) is 0 Å². The number of hydrogen-bond donors (Lipinski definition) is 3. The molecule has 0 saturated carbocycles. The average Bonchev–Trinajstić information content (AvgIpc) is 2.47. The summed E-state index contributed by atoms with van der Waals surface area (Å²) in [6.07, 6.45) is 0. The Morgan fingerprint density at radius 3 is 2.65 bits per heavy atom. The predicted octanol–water partition coefficient (Wildman–Crippen LogP) is 2.12. The second kappa shape index (κ2) is 6.21. The standard InChI is InChI=1S/C16H17NO3/c1-11-5-6-15(19)14(7-11)16(20)17-9-12-3-2-4-13(8-12)10-18/h2-8,18-19H,9-10H2,1H3,(H,17,20). The van der Waals surface area contributed by atoms with E-state index < -0.39 is 0 Å². The number of amides is 1. The first-order valence-corrected chi connectivity index (χ1v) is 6.36. The van der Waals surface area contributed by atoms with Gasteiger partial charge in [0.2, 0.25) is 0 Å². The quantitative estimate of drug-likeness (QED) is 0.797. The summed E-state index contributed by atoms with van der Waals surface area (Å²) in [5.74, 6) is -0.349. The van der Waals surface area contributed by atoms with Gasteiger partial charge in [0.25, 0.3) is 5.91 Å². The molecule has 4 heteroatoms. The molecule has 0 aliphatic carbocycles. The molecule has 0 saturated heterocycles. The van der Waals surface area contributed by atoms with Crippen LogP contribution in [-0.4, -0.2) is 16.1 Å². The molecular weight excluding hydrogens is 254 g/mol. The average molecular weight is 271 g/mol. The number of benzene rings is 2. The maximum Gasteiger partial charge on any atom is 0.255 e. The summed E-state index contributed by atoms with van der Waals surface area (Å²) in [7, 11) is 0. The van der Waals surface area contributed by atoms with E-state index in [1.54, 1.807) is 12.1 Å². The molecule has 4 nitrogen and oxygen atoms in total. The Labute approximate surface area is 117 Å².